The Morgan fingerprint density at radius 1 is 0.356 bits per heavy atom. The fourth-order valence-electron chi connectivity index (χ4n) is 6.50. The van der Waals surface area contributed by atoms with Gasteiger partial charge in [0.15, 0.2) is 0 Å². The number of amides is 6. The van der Waals surface area contributed by atoms with Gasteiger partial charge in [-0.2, -0.15) is 0 Å². The van der Waals surface area contributed by atoms with Crippen LogP contribution in [-0.2, 0) is 0 Å². The summed E-state index contributed by atoms with van der Waals surface area (Å²) in [5.74, 6) is -3.12. The number of para-hydroxylation sites is 3. The highest BCUT2D eigenvalue weighted by atomic mass is 28.4. The van der Waals surface area contributed by atoms with Crippen molar-refractivity contribution in [1.82, 2.24) is 14.9 Å². The zero-order valence-corrected chi connectivity index (χ0v) is 33.9. The number of hydrogen-bond acceptors (Lipinski definition) is 6. The molecule has 0 fully saturated rings. The highest BCUT2D eigenvalue weighted by Crippen LogP contribution is 2.25. The highest BCUT2D eigenvalue weighted by Gasteiger charge is 2.39. The number of hydrogen-bond donors (Lipinski definition) is 3. The second-order valence-electron chi connectivity index (χ2n) is 13.7. The van der Waals surface area contributed by atoms with Crippen LogP contribution in [0.4, 0.5) is 17.1 Å². The molecule has 0 atom stereocenters. The lowest BCUT2D eigenvalue weighted by molar-refractivity contribution is 0.0955. The lowest BCUT2D eigenvalue weighted by Crippen LogP contribution is -2.74. The second kappa shape index (κ2) is 18.1. The van der Waals surface area contributed by atoms with Gasteiger partial charge in [-0.3, -0.25) is 28.8 Å². The molecule has 3 N–H and O–H groups in total. The van der Waals surface area contributed by atoms with E-state index >= 15 is 0 Å². The van der Waals surface area contributed by atoms with Crippen molar-refractivity contribution in [2.75, 3.05) is 35.8 Å². The van der Waals surface area contributed by atoms with Crippen molar-refractivity contribution >= 4 is 61.1 Å². The zero-order valence-electron chi connectivity index (χ0n) is 32.9. The minimum Gasteiger partial charge on any atom is -0.344 e. The summed E-state index contributed by atoms with van der Waals surface area (Å²) >= 11 is 0. The van der Waals surface area contributed by atoms with E-state index in [9.17, 15) is 28.8 Å². The third-order valence-electron chi connectivity index (χ3n) is 9.60. The quantitative estimate of drug-likeness (QED) is 0.118. The monoisotopic (exact) mass is 802 g/mol. The van der Waals surface area contributed by atoms with Crippen molar-refractivity contribution in [3.63, 3.8) is 0 Å². The number of benzene rings is 6. The van der Waals surface area contributed by atoms with Crippen molar-refractivity contribution in [3.05, 3.63) is 197 Å². The predicted octanol–water partition coefficient (Wildman–Crippen LogP) is 6.67. The number of carbonyl (C=O) groups is 6. The van der Waals surface area contributed by atoms with Gasteiger partial charge in [0.1, 0.15) is 0 Å². The summed E-state index contributed by atoms with van der Waals surface area (Å²) in [6, 6.07) is 45.3. The number of nitrogens with zero attached hydrogens (tertiary/aromatic N) is 3. The third kappa shape index (κ3) is 9.33. The zero-order chi connectivity index (χ0) is 42.1. The molecule has 6 amide bonds. The Hall–Kier alpha value is -7.64. The topological polar surface area (TPSA) is 148 Å². The normalized spacial score (nSPS) is 10.8. The first-order valence-corrected chi connectivity index (χ1v) is 21.1. The van der Waals surface area contributed by atoms with Crippen LogP contribution in [0.3, 0.4) is 0 Å². The van der Waals surface area contributed by atoms with Gasteiger partial charge in [0.05, 0.1) is 33.8 Å². The number of rotatable bonds is 12. The first kappa shape index (κ1) is 41.0. The third-order valence-corrected chi connectivity index (χ3v) is 11.8. The molecule has 0 bridgehead atoms. The molecule has 0 saturated carbocycles. The standard InChI is InChI=1S/C46H42N6O6Si/c1-50(44(56)32-20-8-5-9-21-32)38-29-17-14-26-35(38)41(53)47-59(4,48-42(54)36-27-15-18-30-39(36)51(2)45(57)33-22-10-6-11-23-33)49-43(55)37-28-16-19-31-40(37)52(3)46(58)34-24-12-7-13-25-34/h5-31H,1-4H3,(H,47,53)(H,48,54)(H,49,55). The van der Waals surface area contributed by atoms with E-state index in [-0.39, 0.29) is 51.5 Å². The van der Waals surface area contributed by atoms with Crippen molar-refractivity contribution in [2.45, 2.75) is 6.55 Å². The molecule has 0 spiro atoms. The van der Waals surface area contributed by atoms with Crippen molar-refractivity contribution in [3.8, 4) is 0 Å². The van der Waals surface area contributed by atoms with E-state index in [1.165, 1.54) is 39.4 Å². The van der Waals surface area contributed by atoms with Gasteiger partial charge >= 0.3 is 8.56 Å². The Morgan fingerprint density at radius 2 is 0.576 bits per heavy atom. The van der Waals surface area contributed by atoms with Crippen molar-refractivity contribution < 1.29 is 28.8 Å². The molecule has 0 aliphatic heterocycles. The van der Waals surface area contributed by atoms with Gasteiger partial charge in [0.25, 0.3) is 17.7 Å². The van der Waals surface area contributed by atoms with Crippen LogP contribution < -0.4 is 29.6 Å². The van der Waals surface area contributed by atoms with E-state index in [0.717, 1.165) is 0 Å². The predicted molar refractivity (Wildman–Crippen MR) is 231 cm³/mol. The van der Waals surface area contributed by atoms with E-state index in [1.807, 2.05) is 0 Å². The van der Waals surface area contributed by atoms with Gasteiger partial charge in [-0.1, -0.05) is 91.0 Å². The molecule has 6 aromatic carbocycles. The summed E-state index contributed by atoms with van der Waals surface area (Å²) in [6.45, 7) is 1.53. The van der Waals surface area contributed by atoms with Crippen LogP contribution in [0, 0.1) is 0 Å². The molecule has 6 rings (SSSR count). The van der Waals surface area contributed by atoms with E-state index < -0.39 is 26.3 Å². The Morgan fingerprint density at radius 3 is 0.831 bits per heavy atom. The van der Waals surface area contributed by atoms with Crippen LogP contribution >= 0.6 is 0 Å². The Kier molecular flexibility index (Phi) is 12.6. The molecule has 12 nitrogen and oxygen atoms in total. The summed E-state index contributed by atoms with van der Waals surface area (Å²) in [5, 5.41) is 0. The van der Waals surface area contributed by atoms with Crippen LogP contribution in [0.15, 0.2) is 164 Å². The summed E-state index contributed by atoms with van der Waals surface area (Å²) in [5.41, 5.74) is 2.38. The van der Waals surface area contributed by atoms with Crippen LogP contribution in [0.25, 0.3) is 0 Å². The van der Waals surface area contributed by atoms with Gasteiger partial charge in [0.2, 0.25) is 17.7 Å². The minimum absolute atomic E-state index is 0.101. The van der Waals surface area contributed by atoms with E-state index in [0.29, 0.717) is 16.7 Å². The number of carbonyl (C=O) groups excluding carboxylic acids is 6. The molecule has 0 unspecified atom stereocenters. The van der Waals surface area contributed by atoms with Gasteiger partial charge in [0, 0.05) is 37.8 Å². The average molecular weight is 803 g/mol. The van der Waals surface area contributed by atoms with Crippen molar-refractivity contribution in [2.24, 2.45) is 0 Å². The van der Waals surface area contributed by atoms with Gasteiger partial charge < -0.3 is 29.6 Å². The summed E-state index contributed by atoms with van der Waals surface area (Å²) < 4.78 is 0. The number of anilines is 3. The van der Waals surface area contributed by atoms with Crippen LogP contribution in [0.5, 0.6) is 0 Å². The molecule has 0 heterocycles. The maximum Gasteiger partial charge on any atom is 0.376 e. The molecule has 0 aliphatic rings. The second-order valence-corrected chi connectivity index (χ2v) is 16.7. The van der Waals surface area contributed by atoms with E-state index in [4.69, 9.17) is 0 Å². The van der Waals surface area contributed by atoms with Gasteiger partial charge in [-0.25, -0.2) is 0 Å². The van der Waals surface area contributed by atoms with E-state index in [2.05, 4.69) is 14.9 Å². The van der Waals surface area contributed by atoms with Gasteiger partial charge in [-0.05, 0) is 79.3 Å². The van der Waals surface area contributed by atoms with Crippen molar-refractivity contribution in [1.29, 1.82) is 0 Å². The maximum absolute atomic E-state index is 14.4. The molecule has 59 heavy (non-hydrogen) atoms. The fourth-order valence-corrected chi connectivity index (χ4v) is 8.46. The summed E-state index contributed by atoms with van der Waals surface area (Å²) in [7, 11) is 0.612. The number of nitrogens with one attached hydrogen (secondary N) is 3. The largest absolute Gasteiger partial charge is 0.376 e. The fraction of sp³-hybridized carbons (Fsp3) is 0.0870. The first-order chi connectivity index (χ1) is 28.4. The van der Waals surface area contributed by atoms with Gasteiger partial charge in [-0.15, -0.1) is 0 Å². The smallest absolute Gasteiger partial charge is 0.344 e. The Bertz CT molecular complexity index is 2240. The molecular weight excluding hydrogens is 761 g/mol. The Balaban J connectivity index is 1.35. The molecule has 0 saturated heterocycles. The molecule has 6 aromatic rings. The molecule has 0 aliphatic carbocycles. The molecule has 0 aromatic heterocycles. The Labute approximate surface area is 343 Å². The lowest BCUT2D eigenvalue weighted by atomic mass is 10.1. The SMILES string of the molecule is CN(C(=O)c1ccccc1)c1ccccc1C(=O)N[Si](C)(NC(=O)c1ccccc1N(C)C(=O)c1ccccc1)NC(=O)c1ccccc1N(C)C(=O)c1ccccc1. The molecule has 0 radical (unpaired) electrons. The van der Waals surface area contributed by atoms with Crippen LogP contribution in [-0.4, -0.2) is 65.1 Å². The highest BCUT2D eigenvalue weighted by molar-refractivity contribution is 6.78. The average Bonchev–Trinajstić information content (AvgIpc) is 3.28. The van der Waals surface area contributed by atoms with Crippen LogP contribution in [0.2, 0.25) is 6.55 Å². The van der Waals surface area contributed by atoms with Crippen LogP contribution in [0.1, 0.15) is 62.1 Å². The van der Waals surface area contributed by atoms with E-state index in [1.54, 1.807) is 167 Å². The first-order valence-electron chi connectivity index (χ1n) is 18.6. The lowest BCUT2D eigenvalue weighted by Gasteiger charge is -2.31. The summed E-state index contributed by atoms with van der Waals surface area (Å²) in [6.07, 6.45) is 0. The molecule has 296 valence electrons. The molecule has 13 heteroatoms. The maximum atomic E-state index is 14.4. The molecular formula is C46H42N6O6Si. The summed E-state index contributed by atoms with van der Waals surface area (Å²) in [4.78, 5) is 96.5. The minimum atomic E-state index is -4.04.